The van der Waals surface area contributed by atoms with Gasteiger partial charge in [-0.15, -0.1) is 0 Å². The summed E-state index contributed by atoms with van der Waals surface area (Å²) >= 11 is 0. The molecule has 1 aromatic rings. The molecule has 0 fully saturated rings. The second kappa shape index (κ2) is 4.60. The Morgan fingerprint density at radius 1 is 1.44 bits per heavy atom. The third kappa shape index (κ3) is 2.78. The first-order valence-electron chi connectivity index (χ1n) is 5.49. The van der Waals surface area contributed by atoms with Gasteiger partial charge < -0.3 is 0 Å². The van der Waals surface area contributed by atoms with Gasteiger partial charge >= 0.3 is 0 Å². The van der Waals surface area contributed by atoms with E-state index in [0.29, 0.717) is 5.92 Å². The molecular weight excluding hydrogens is 200 g/mol. The highest BCUT2D eigenvalue weighted by atomic mass is 15.3. The second-order valence-electron chi connectivity index (χ2n) is 5.23. The van der Waals surface area contributed by atoms with E-state index in [1.807, 2.05) is 6.21 Å². The van der Waals surface area contributed by atoms with Gasteiger partial charge in [-0.1, -0.05) is 34.6 Å². The van der Waals surface area contributed by atoms with Gasteiger partial charge in [-0.3, -0.25) is 5.41 Å². The largest absolute Gasteiger partial charge is 0.289 e. The average molecular weight is 220 g/mol. The fourth-order valence-corrected chi connectivity index (χ4v) is 1.33. The van der Waals surface area contributed by atoms with Crippen LogP contribution in [0.2, 0.25) is 0 Å². The lowest BCUT2D eigenvalue weighted by Crippen LogP contribution is -2.10. The van der Waals surface area contributed by atoms with E-state index in [0.717, 1.165) is 11.4 Å². The summed E-state index contributed by atoms with van der Waals surface area (Å²) < 4.78 is 1.50. The summed E-state index contributed by atoms with van der Waals surface area (Å²) in [5, 5.41) is 11.4. The fourth-order valence-electron chi connectivity index (χ4n) is 1.33. The van der Waals surface area contributed by atoms with Crippen molar-refractivity contribution in [3.05, 3.63) is 11.8 Å². The van der Waals surface area contributed by atoms with E-state index in [1.165, 1.54) is 11.0 Å². The highest BCUT2D eigenvalue weighted by Crippen LogP contribution is 2.30. The van der Waals surface area contributed by atoms with Crippen LogP contribution in [0.1, 0.15) is 40.2 Å². The van der Waals surface area contributed by atoms with Crippen molar-refractivity contribution in [1.82, 2.24) is 9.78 Å². The van der Waals surface area contributed by atoms with Crippen LogP contribution in [0.3, 0.4) is 0 Å². The standard InChI is InChI=1S/C12H20N4/c1-9(2)6-14-11-10(12(3,4)5)7-15-16(11)8-13/h6-9,13H,1-5H3/b13-8?,14-6-. The minimum atomic E-state index is -0.00902. The lowest BCUT2D eigenvalue weighted by atomic mass is 9.89. The van der Waals surface area contributed by atoms with Crippen LogP contribution >= 0.6 is 0 Å². The van der Waals surface area contributed by atoms with Crippen LogP contribution in [0, 0.1) is 11.3 Å². The lowest BCUT2D eigenvalue weighted by molar-refractivity contribution is 0.591. The van der Waals surface area contributed by atoms with E-state index in [-0.39, 0.29) is 5.41 Å². The summed E-state index contributed by atoms with van der Waals surface area (Å²) in [5.74, 6) is 1.15. The maximum absolute atomic E-state index is 7.29. The summed E-state index contributed by atoms with van der Waals surface area (Å²) in [5.41, 5.74) is 1.05. The van der Waals surface area contributed by atoms with Crippen molar-refractivity contribution in [2.75, 3.05) is 0 Å². The van der Waals surface area contributed by atoms with E-state index >= 15 is 0 Å². The zero-order chi connectivity index (χ0) is 12.3. The molecule has 4 nitrogen and oxygen atoms in total. The lowest BCUT2D eigenvalue weighted by Gasteiger charge is -2.17. The molecule has 16 heavy (non-hydrogen) atoms. The summed E-state index contributed by atoms with van der Waals surface area (Å²) in [7, 11) is 0. The van der Waals surface area contributed by atoms with E-state index in [4.69, 9.17) is 5.41 Å². The molecule has 0 bridgehead atoms. The molecule has 1 rings (SSSR count). The molecule has 0 aliphatic rings. The van der Waals surface area contributed by atoms with Gasteiger partial charge in [0.15, 0.2) is 5.82 Å². The Labute approximate surface area is 96.9 Å². The Kier molecular flexibility index (Phi) is 3.62. The Hall–Kier alpha value is -1.45. The highest BCUT2D eigenvalue weighted by Gasteiger charge is 2.21. The number of aromatic nitrogens is 2. The first-order chi connectivity index (χ1) is 7.36. The average Bonchev–Trinajstić information content (AvgIpc) is 2.56. The molecule has 88 valence electrons. The van der Waals surface area contributed by atoms with Gasteiger partial charge in [-0.05, 0) is 11.3 Å². The predicted octanol–water partition coefficient (Wildman–Crippen LogP) is 2.99. The molecule has 0 atom stereocenters. The summed E-state index contributed by atoms with van der Waals surface area (Å²) in [4.78, 5) is 4.43. The minimum absolute atomic E-state index is 0.00902. The number of aliphatic imine (C=N–C) groups is 1. The maximum Gasteiger partial charge on any atom is 0.160 e. The molecule has 0 saturated heterocycles. The normalized spacial score (nSPS) is 12.6. The number of rotatable bonds is 3. The first kappa shape index (κ1) is 12.6. The third-order valence-electron chi connectivity index (χ3n) is 2.19. The highest BCUT2D eigenvalue weighted by molar-refractivity contribution is 5.69. The van der Waals surface area contributed by atoms with Gasteiger partial charge in [0.2, 0.25) is 0 Å². The van der Waals surface area contributed by atoms with Crippen molar-refractivity contribution in [2.45, 2.75) is 40.0 Å². The molecule has 1 aromatic heterocycles. The van der Waals surface area contributed by atoms with Crippen LogP contribution in [-0.4, -0.2) is 22.3 Å². The monoisotopic (exact) mass is 220 g/mol. The van der Waals surface area contributed by atoms with Crippen molar-refractivity contribution in [3.8, 4) is 0 Å². The quantitative estimate of drug-likeness (QED) is 0.618. The summed E-state index contributed by atoms with van der Waals surface area (Å²) in [6.07, 6.45) is 4.85. The maximum atomic E-state index is 7.29. The Morgan fingerprint density at radius 2 is 2.06 bits per heavy atom. The summed E-state index contributed by atoms with van der Waals surface area (Å²) in [6.45, 7) is 10.5. The molecule has 0 aromatic carbocycles. The van der Waals surface area contributed by atoms with Crippen molar-refractivity contribution in [3.63, 3.8) is 0 Å². The summed E-state index contributed by atoms with van der Waals surface area (Å²) in [6, 6.07) is 0. The van der Waals surface area contributed by atoms with Gasteiger partial charge in [0.25, 0.3) is 0 Å². The predicted molar refractivity (Wildman–Crippen MR) is 68.1 cm³/mol. The second-order valence-corrected chi connectivity index (χ2v) is 5.23. The van der Waals surface area contributed by atoms with Crippen LogP contribution in [0.4, 0.5) is 5.82 Å². The van der Waals surface area contributed by atoms with E-state index in [2.05, 4.69) is 44.7 Å². The van der Waals surface area contributed by atoms with Gasteiger partial charge in [0.1, 0.15) is 6.34 Å². The molecular formula is C12H20N4. The van der Waals surface area contributed by atoms with E-state index in [9.17, 15) is 0 Å². The fraction of sp³-hybridized carbons (Fsp3) is 0.583. The molecule has 0 spiro atoms. The van der Waals surface area contributed by atoms with Gasteiger partial charge in [-0.25, -0.2) is 9.67 Å². The molecule has 0 aliphatic carbocycles. The zero-order valence-electron chi connectivity index (χ0n) is 10.7. The Morgan fingerprint density at radius 3 is 2.50 bits per heavy atom. The van der Waals surface area contributed by atoms with Gasteiger partial charge in [0.05, 0.1) is 6.20 Å². The molecule has 0 unspecified atom stereocenters. The zero-order valence-corrected chi connectivity index (χ0v) is 10.7. The first-order valence-corrected chi connectivity index (χ1v) is 5.49. The number of hydrogen-bond donors (Lipinski definition) is 1. The molecule has 0 radical (unpaired) electrons. The Balaban J connectivity index is 3.22. The van der Waals surface area contributed by atoms with Crippen LogP contribution in [0.25, 0.3) is 0 Å². The van der Waals surface area contributed by atoms with Gasteiger partial charge in [0, 0.05) is 11.8 Å². The topological polar surface area (TPSA) is 54.0 Å². The van der Waals surface area contributed by atoms with E-state index in [1.54, 1.807) is 6.20 Å². The molecule has 0 saturated carbocycles. The number of nitrogens with one attached hydrogen (secondary N) is 1. The third-order valence-corrected chi connectivity index (χ3v) is 2.19. The van der Waals surface area contributed by atoms with Crippen molar-refractivity contribution >= 4 is 18.4 Å². The smallest absolute Gasteiger partial charge is 0.160 e. The van der Waals surface area contributed by atoms with Crippen LogP contribution in [0.5, 0.6) is 0 Å². The van der Waals surface area contributed by atoms with Crippen LogP contribution < -0.4 is 0 Å². The molecule has 0 amide bonds. The van der Waals surface area contributed by atoms with Crippen molar-refractivity contribution < 1.29 is 0 Å². The molecule has 1 N–H and O–H groups in total. The molecule has 1 heterocycles. The van der Waals surface area contributed by atoms with Crippen LogP contribution in [-0.2, 0) is 5.41 Å². The van der Waals surface area contributed by atoms with Crippen LogP contribution in [0.15, 0.2) is 11.2 Å². The van der Waals surface area contributed by atoms with E-state index < -0.39 is 0 Å². The molecule has 4 heteroatoms. The van der Waals surface area contributed by atoms with Crippen molar-refractivity contribution in [2.24, 2.45) is 10.9 Å². The number of hydrogen-bond acceptors (Lipinski definition) is 3. The SMILES string of the molecule is CC(C)/C=N\c1c(C(C)(C)C)cnn1C=N. The number of nitrogens with zero attached hydrogens (tertiary/aromatic N) is 3. The Bertz CT molecular complexity index is 394. The van der Waals surface area contributed by atoms with Gasteiger partial charge in [-0.2, -0.15) is 5.10 Å². The minimum Gasteiger partial charge on any atom is -0.289 e. The molecule has 0 aliphatic heterocycles. The van der Waals surface area contributed by atoms with Crippen molar-refractivity contribution in [1.29, 1.82) is 5.41 Å².